The van der Waals surface area contributed by atoms with E-state index < -0.39 is 0 Å². The van der Waals surface area contributed by atoms with Crippen LogP contribution in [0.5, 0.6) is 0 Å². The Balaban J connectivity index is 2.70. The van der Waals surface area contributed by atoms with Gasteiger partial charge in [-0.05, 0) is 32.8 Å². The summed E-state index contributed by atoms with van der Waals surface area (Å²) in [6, 6.07) is 10.3. The Hall–Kier alpha value is -1.08. The van der Waals surface area contributed by atoms with Crippen molar-refractivity contribution in [2.75, 3.05) is 0 Å². The molecule has 14 heavy (non-hydrogen) atoms. The molecule has 0 amide bonds. The third-order valence-corrected chi connectivity index (χ3v) is 1.95. The van der Waals surface area contributed by atoms with Crippen LogP contribution in [0.4, 0.5) is 0 Å². The minimum atomic E-state index is -0.116. The molecule has 0 radical (unpaired) electrons. The predicted molar refractivity (Wildman–Crippen MR) is 63.0 cm³/mol. The van der Waals surface area contributed by atoms with E-state index in [9.17, 15) is 0 Å². The molecule has 2 N–H and O–H groups in total. The third kappa shape index (κ3) is 4.24. The van der Waals surface area contributed by atoms with Crippen molar-refractivity contribution in [3.63, 3.8) is 0 Å². The van der Waals surface area contributed by atoms with E-state index in [2.05, 4.69) is 39.0 Å². The van der Waals surface area contributed by atoms with Gasteiger partial charge >= 0.3 is 0 Å². The number of benzene rings is 1. The maximum absolute atomic E-state index is 5.95. The van der Waals surface area contributed by atoms with E-state index in [1.54, 1.807) is 0 Å². The molecule has 0 spiro atoms. The minimum absolute atomic E-state index is 0.116. The zero-order valence-corrected chi connectivity index (χ0v) is 9.25. The third-order valence-electron chi connectivity index (χ3n) is 1.95. The lowest BCUT2D eigenvalue weighted by molar-refractivity contribution is 0.515. The van der Waals surface area contributed by atoms with Gasteiger partial charge < -0.3 is 5.73 Å². The van der Waals surface area contributed by atoms with Gasteiger partial charge in [-0.1, -0.05) is 42.0 Å². The summed E-state index contributed by atoms with van der Waals surface area (Å²) < 4.78 is 0. The van der Waals surface area contributed by atoms with E-state index in [0.29, 0.717) is 0 Å². The second-order valence-electron chi connectivity index (χ2n) is 4.57. The summed E-state index contributed by atoms with van der Waals surface area (Å²) in [6.45, 7) is 6.23. The van der Waals surface area contributed by atoms with Crippen molar-refractivity contribution in [2.45, 2.75) is 32.7 Å². The van der Waals surface area contributed by atoms with Crippen LogP contribution in [0.2, 0.25) is 0 Å². The van der Waals surface area contributed by atoms with Crippen LogP contribution in [0.15, 0.2) is 35.9 Å². The number of hydrogen-bond acceptors (Lipinski definition) is 1. The van der Waals surface area contributed by atoms with Gasteiger partial charge in [-0.15, -0.1) is 0 Å². The first kappa shape index (κ1) is 11.0. The van der Waals surface area contributed by atoms with Gasteiger partial charge in [0.1, 0.15) is 0 Å². The van der Waals surface area contributed by atoms with E-state index in [1.165, 1.54) is 11.1 Å². The summed E-state index contributed by atoms with van der Waals surface area (Å²) in [6.07, 6.45) is 3.12. The standard InChI is InChI=1S/C13H19N/c1-11(10-13(2,3)14)9-12-7-5-4-6-8-12/h4-9H,10,14H2,1-3H3/b11-9+. The van der Waals surface area contributed by atoms with Gasteiger partial charge in [0.2, 0.25) is 0 Å². The van der Waals surface area contributed by atoms with E-state index in [-0.39, 0.29) is 5.54 Å². The molecule has 1 rings (SSSR count). The molecule has 0 aliphatic heterocycles. The average Bonchev–Trinajstić information content (AvgIpc) is 2.02. The highest BCUT2D eigenvalue weighted by atomic mass is 14.7. The van der Waals surface area contributed by atoms with E-state index in [0.717, 1.165) is 6.42 Å². The lowest BCUT2D eigenvalue weighted by Gasteiger charge is -2.18. The van der Waals surface area contributed by atoms with Crippen LogP contribution in [-0.2, 0) is 0 Å². The van der Waals surface area contributed by atoms with E-state index in [1.807, 2.05) is 18.2 Å². The van der Waals surface area contributed by atoms with E-state index in [4.69, 9.17) is 5.73 Å². The number of rotatable bonds is 3. The van der Waals surface area contributed by atoms with Gasteiger partial charge in [-0.25, -0.2) is 0 Å². The van der Waals surface area contributed by atoms with Crippen molar-refractivity contribution in [3.05, 3.63) is 41.5 Å². The lowest BCUT2D eigenvalue weighted by Crippen LogP contribution is -2.31. The molecule has 1 aromatic rings. The lowest BCUT2D eigenvalue weighted by atomic mass is 9.96. The second-order valence-corrected chi connectivity index (χ2v) is 4.57. The van der Waals surface area contributed by atoms with Gasteiger partial charge in [0.15, 0.2) is 0 Å². The smallest absolute Gasteiger partial charge is 0.0134 e. The Kier molecular flexibility index (Phi) is 3.48. The average molecular weight is 189 g/mol. The summed E-state index contributed by atoms with van der Waals surface area (Å²) in [5.74, 6) is 0. The largest absolute Gasteiger partial charge is 0.325 e. The fraction of sp³-hybridized carbons (Fsp3) is 0.385. The molecule has 0 atom stereocenters. The fourth-order valence-electron chi connectivity index (χ4n) is 1.60. The first-order valence-electron chi connectivity index (χ1n) is 4.98. The van der Waals surface area contributed by atoms with Crippen molar-refractivity contribution >= 4 is 6.08 Å². The molecule has 1 aromatic carbocycles. The van der Waals surface area contributed by atoms with E-state index >= 15 is 0 Å². The maximum atomic E-state index is 5.95. The molecular formula is C13H19N. The molecule has 0 saturated carbocycles. The maximum Gasteiger partial charge on any atom is 0.0134 e. The highest BCUT2D eigenvalue weighted by molar-refractivity contribution is 5.52. The quantitative estimate of drug-likeness (QED) is 0.776. The zero-order chi connectivity index (χ0) is 10.6. The summed E-state index contributed by atoms with van der Waals surface area (Å²) in [7, 11) is 0. The SMILES string of the molecule is C/C(=C\c1ccccc1)CC(C)(C)N. The van der Waals surface area contributed by atoms with Crippen molar-refractivity contribution in [3.8, 4) is 0 Å². The van der Waals surface area contributed by atoms with Gasteiger partial charge in [0, 0.05) is 5.54 Å². The van der Waals surface area contributed by atoms with Crippen molar-refractivity contribution in [1.29, 1.82) is 0 Å². The number of nitrogens with two attached hydrogens (primary N) is 1. The van der Waals surface area contributed by atoms with Crippen LogP contribution in [0, 0.1) is 0 Å². The normalized spacial score (nSPS) is 13.0. The molecule has 0 aliphatic carbocycles. The van der Waals surface area contributed by atoms with Gasteiger partial charge in [-0.2, -0.15) is 0 Å². The van der Waals surface area contributed by atoms with Crippen molar-refractivity contribution in [2.24, 2.45) is 5.73 Å². The monoisotopic (exact) mass is 189 g/mol. The van der Waals surface area contributed by atoms with Crippen LogP contribution in [-0.4, -0.2) is 5.54 Å². The Morgan fingerprint density at radius 3 is 2.36 bits per heavy atom. The van der Waals surface area contributed by atoms with Gasteiger partial charge in [0.05, 0.1) is 0 Å². The Bertz CT molecular complexity index is 304. The Morgan fingerprint density at radius 2 is 1.86 bits per heavy atom. The van der Waals surface area contributed by atoms with Crippen molar-refractivity contribution < 1.29 is 0 Å². The molecule has 1 nitrogen and oxygen atoms in total. The van der Waals surface area contributed by atoms with Crippen LogP contribution in [0.3, 0.4) is 0 Å². The molecule has 1 heteroatoms. The van der Waals surface area contributed by atoms with Crippen LogP contribution < -0.4 is 5.73 Å². The molecule has 0 unspecified atom stereocenters. The summed E-state index contributed by atoms with van der Waals surface area (Å²) in [5.41, 5.74) is 8.40. The molecule has 0 aromatic heterocycles. The highest BCUT2D eigenvalue weighted by Crippen LogP contribution is 2.15. The number of hydrogen-bond donors (Lipinski definition) is 1. The predicted octanol–water partition coefficient (Wildman–Crippen LogP) is 3.22. The van der Waals surface area contributed by atoms with Crippen LogP contribution >= 0.6 is 0 Å². The van der Waals surface area contributed by atoms with Gasteiger partial charge in [0.25, 0.3) is 0 Å². The van der Waals surface area contributed by atoms with Crippen LogP contribution in [0.25, 0.3) is 6.08 Å². The summed E-state index contributed by atoms with van der Waals surface area (Å²) in [5, 5.41) is 0. The highest BCUT2D eigenvalue weighted by Gasteiger charge is 2.10. The molecular weight excluding hydrogens is 170 g/mol. The summed E-state index contributed by atoms with van der Waals surface area (Å²) >= 11 is 0. The molecule has 76 valence electrons. The zero-order valence-electron chi connectivity index (χ0n) is 9.25. The minimum Gasteiger partial charge on any atom is -0.325 e. The first-order chi connectivity index (χ1) is 6.47. The Labute approximate surface area is 86.6 Å². The topological polar surface area (TPSA) is 26.0 Å². The van der Waals surface area contributed by atoms with Crippen LogP contribution in [0.1, 0.15) is 32.8 Å². The fourth-order valence-corrected chi connectivity index (χ4v) is 1.60. The second kappa shape index (κ2) is 4.43. The molecule has 0 heterocycles. The molecule has 0 fully saturated rings. The molecule has 0 bridgehead atoms. The van der Waals surface area contributed by atoms with Gasteiger partial charge in [-0.3, -0.25) is 0 Å². The molecule has 0 saturated heterocycles. The Morgan fingerprint density at radius 1 is 1.29 bits per heavy atom. The van der Waals surface area contributed by atoms with Crippen molar-refractivity contribution in [1.82, 2.24) is 0 Å². The summed E-state index contributed by atoms with van der Waals surface area (Å²) in [4.78, 5) is 0. The first-order valence-corrected chi connectivity index (χ1v) is 4.98. The molecule has 0 aliphatic rings.